The molecule has 14 heavy (non-hydrogen) atoms. The van der Waals surface area contributed by atoms with Crippen molar-refractivity contribution < 1.29 is 0 Å². The monoisotopic (exact) mass is 186 g/mol. The summed E-state index contributed by atoms with van der Waals surface area (Å²) in [5, 5.41) is 0. The molecule has 72 valence electrons. The molecule has 1 aromatic heterocycles. The average molecular weight is 186 g/mol. The van der Waals surface area contributed by atoms with E-state index in [-0.39, 0.29) is 0 Å². The highest BCUT2D eigenvalue weighted by molar-refractivity contribution is 5.63. The maximum absolute atomic E-state index is 5.77. The van der Waals surface area contributed by atoms with Gasteiger partial charge in [-0.1, -0.05) is 29.8 Å². The number of hydrogen-bond donors (Lipinski definition) is 1. The molecule has 2 rings (SSSR count). The summed E-state index contributed by atoms with van der Waals surface area (Å²) in [6, 6.07) is 12.4. The van der Waals surface area contributed by atoms with E-state index in [0.717, 1.165) is 11.5 Å². The summed E-state index contributed by atoms with van der Waals surface area (Å²) < 4.78 is 1.99. The molecule has 1 aromatic carbocycles. The van der Waals surface area contributed by atoms with Crippen LogP contribution >= 0.6 is 0 Å². The normalized spacial score (nSPS) is 10.4. The molecule has 1 heterocycles. The molecule has 0 bridgehead atoms. The standard InChI is InChI=1S/C12H14N2/c1-9-3-5-10(6-4-9)11-7-8-12(13)14(11)2/h3-8H,13H2,1-2H3. The molecule has 0 atom stereocenters. The molecule has 0 saturated carbocycles. The van der Waals surface area contributed by atoms with Crippen LogP contribution in [-0.4, -0.2) is 4.57 Å². The Morgan fingerprint density at radius 2 is 1.64 bits per heavy atom. The van der Waals surface area contributed by atoms with Gasteiger partial charge in [0.1, 0.15) is 5.82 Å². The van der Waals surface area contributed by atoms with E-state index >= 15 is 0 Å². The van der Waals surface area contributed by atoms with Crippen LogP contribution in [0.2, 0.25) is 0 Å². The third-order valence-electron chi connectivity index (χ3n) is 2.51. The Morgan fingerprint density at radius 3 is 2.14 bits per heavy atom. The molecule has 0 radical (unpaired) electrons. The molecule has 0 unspecified atom stereocenters. The van der Waals surface area contributed by atoms with Gasteiger partial charge in [0.25, 0.3) is 0 Å². The summed E-state index contributed by atoms with van der Waals surface area (Å²) in [6.07, 6.45) is 0. The zero-order valence-electron chi connectivity index (χ0n) is 8.49. The molecule has 2 aromatic rings. The second-order valence-electron chi connectivity index (χ2n) is 3.57. The number of aryl methyl sites for hydroxylation is 1. The smallest absolute Gasteiger partial charge is 0.103 e. The Bertz CT molecular complexity index is 438. The first-order chi connectivity index (χ1) is 6.68. The maximum atomic E-state index is 5.77. The summed E-state index contributed by atoms with van der Waals surface area (Å²) in [7, 11) is 1.98. The van der Waals surface area contributed by atoms with Crippen molar-refractivity contribution in [3.63, 3.8) is 0 Å². The van der Waals surface area contributed by atoms with Gasteiger partial charge < -0.3 is 10.3 Å². The summed E-state index contributed by atoms with van der Waals surface area (Å²) in [4.78, 5) is 0. The minimum atomic E-state index is 0.792. The van der Waals surface area contributed by atoms with Gasteiger partial charge in [0.15, 0.2) is 0 Å². The molecular weight excluding hydrogens is 172 g/mol. The number of nitrogen functional groups attached to an aromatic ring is 1. The topological polar surface area (TPSA) is 30.9 Å². The summed E-state index contributed by atoms with van der Waals surface area (Å²) in [5.74, 6) is 0.792. The van der Waals surface area contributed by atoms with Crippen LogP contribution in [0.3, 0.4) is 0 Å². The summed E-state index contributed by atoms with van der Waals surface area (Å²) >= 11 is 0. The highest BCUT2D eigenvalue weighted by Crippen LogP contribution is 2.22. The Hall–Kier alpha value is -1.70. The van der Waals surface area contributed by atoms with Crippen molar-refractivity contribution >= 4 is 5.82 Å². The van der Waals surface area contributed by atoms with Crippen LogP contribution in [0, 0.1) is 6.92 Å². The summed E-state index contributed by atoms with van der Waals surface area (Å²) in [5.41, 5.74) is 9.40. The van der Waals surface area contributed by atoms with Gasteiger partial charge in [0, 0.05) is 12.7 Å². The molecular formula is C12H14N2. The third-order valence-corrected chi connectivity index (χ3v) is 2.51. The number of rotatable bonds is 1. The predicted octanol–water partition coefficient (Wildman–Crippen LogP) is 2.58. The molecule has 0 saturated heterocycles. The van der Waals surface area contributed by atoms with Gasteiger partial charge in [-0.05, 0) is 24.6 Å². The van der Waals surface area contributed by atoms with E-state index in [1.54, 1.807) is 0 Å². The molecule has 0 aliphatic rings. The number of nitrogens with two attached hydrogens (primary N) is 1. The number of hydrogen-bond acceptors (Lipinski definition) is 1. The van der Waals surface area contributed by atoms with E-state index < -0.39 is 0 Å². The van der Waals surface area contributed by atoms with Crippen LogP contribution in [-0.2, 0) is 7.05 Å². The lowest BCUT2D eigenvalue weighted by Gasteiger charge is -2.05. The fourth-order valence-corrected chi connectivity index (χ4v) is 1.54. The summed E-state index contributed by atoms with van der Waals surface area (Å²) in [6.45, 7) is 2.09. The van der Waals surface area contributed by atoms with Crippen molar-refractivity contribution in [1.82, 2.24) is 4.57 Å². The van der Waals surface area contributed by atoms with Crippen molar-refractivity contribution in [2.24, 2.45) is 7.05 Å². The van der Waals surface area contributed by atoms with Crippen LogP contribution in [0.5, 0.6) is 0 Å². The second kappa shape index (κ2) is 3.22. The first kappa shape index (κ1) is 8.88. The van der Waals surface area contributed by atoms with E-state index in [1.165, 1.54) is 11.1 Å². The Morgan fingerprint density at radius 1 is 1.00 bits per heavy atom. The largest absolute Gasteiger partial charge is 0.385 e. The van der Waals surface area contributed by atoms with Gasteiger partial charge >= 0.3 is 0 Å². The van der Waals surface area contributed by atoms with Gasteiger partial charge in [0.2, 0.25) is 0 Å². The van der Waals surface area contributed by atoms with Crippen molar-refractivity contribution in [2.75, 3.05) is 5.73 Å². The van der Waals surface area contributed by atoms with E-state index in [0.29, 0.717) is 0 Å². The van der Waals surface area contributed by atoms with Gasteiger partial charge in [0.05, 0.1) is 0 Å². The van der Waals surface area contributed by atoms with Crippen molar-refractivity contribution in [3.8, 4) is 11.3 Å². The molecule has 2 nitrogen and oxygen atoms in total. The molecule has 0 fully saturated rings. The molecule has 0 spiro atoms. The number of benzene rings is 1. The molecule has 2 heteroatoms. The quantitative estimate of drug-likeness (QED) is 0.729. The fourth-order valence-electron chi connectivity index (χ4n) is 1.54. The van der Waals surface area contributed by atoms with E-state index in [9.17, 15) is 0 Å². The number of anilines is 1. The minimum absolute atomic E-state index is 0.792. The molecule has 0 aliphatic heterocycles. The van der Waals surface area contributed by atoms with Crippen LogP contribution < -0.4 is 5.73 Å². The van der Waals surface area contributed by atoms with Gasteiger partial charge in [-0.25, -0.2) is 0 Å². The zero-order chi connectivity index (χ0) is 10.1. The SMILES string of the molecule is Cc1ccc(-c2ccc(N)n2C)cc1. The van der Waals surface area contributed by atoms with Gasteiger partial charge in [-0.15, -0.1) is 0 Å². The fraction of sp³-hybridized carbons (Fsp3) is 0.167. The average Bonchev–Trinajstić information content (AvgIpc) is 2.50. The van der Waals surface area contributed by atoms with Crippen LogP contribution in [0.15, 0.2) is 36.4 Å². The van der Waals surface area contributed by atoms with Crippen molar-refractivity contribution in [2.45, 2.75) is 6.92 Å². The second-order valence-corrected chi connectivity index (χ2v) is 3.57. The number of nitrogens with zero attached hydrogens (tertiary/aromatic N) is 1. The molecule has 2 N–H and O–H groups in total. The molecule has 0 aliphatic carbocycles. The van der Waals surface area contributed by atoms with Gasteiger partial charge in [-0.2, -0.15) is 0 Å². The number of aromatic nitrogens is 1. The lowest BCUT2D eigenvalue weighted by atomic mass is 10.1. The highest BCUT2D eigenvalue weighted by atomic mass is 15.0. The van der Waals surface area contributed by atoms with E-state index in [1.807, 2.05) is 23.7 Å². The highest BCUT2D eigenvalue weighted by Gasteiger charge is 2.03. The zero-order valence-corrected chi connectivity index (χ0v) is 8.49. The van der Waals surface area contributed by atoms with Crippen LogP contribution in [0.4, 0.5) is 5.82 Å². The maximum Gasteiger partial charge on any atom is 0.103 e. The minimum Gasteiger partial charge on any atom is -0.385 e. The first-order valence-electron chi connectivity index (χ1n) is 4.67. The lowest BCUT2D eigenvalue weighted by molar-refractivity contribution is 0.950. The Kier molecular flexibility index (Phi) is 2.04. The van der Waals surface area contributed by atoms with Crippen molar-refractivity contribution in [1.29, 1.82) is 0 Å². The van der Waals surface area contributed by atoms with Crippen LogP contribution in [0.1, 0.15) is 5.56 Å². The van der Waals surface area contributed by atoms with Crippen molar-refractivity contribution in [3.05, 3.63) is 42.0 Å². The van der Waals surface area contributed by atoms with E-state index in [4.69, 9.17) is 5.73 Å². The van der Waals surface area contributed by atoms with E-state index in [2.05, 4.69) is 31.2 Å². The third kappa shape index (κ3) is 1.39. The Balaban J connectivity index is 2.49. The molecule has 0 amide bonds. The lowest BCUT2D eigenvalue weighted by Crippen LogP contribution is -1.97. The van der Waals surface area contributed by atoms with Crippen LogP contribution in [0.25, 0.3) is 11.3 Å². The first-order valence-corrected chi connectivity index (χ1v) is 4.67. The predicted molar refractivity (Wildman–Crippen MR) is 60.0 cm³/mol. The Labute approximate surface area is 84.0 Å². The van der Waals surface area contributed by atoms with Gasteiger partial charge in [-0.3, -0.25) is 0 Å².